The summed E-state index contributed by atoms with van der Waals surface area (Å²) < 4.78 is 4.50. The van der Waals surface area contributed by atoms with Gasteiger partial charge in [0.15, 0.2) is 0 Å². The fraction of sp³-hybridized carbons (Fsp3) is 0.188. The first kappa shape index (κ1) is 50.4. The predicted molar refractivity (Wildman–Crippen MR) is 329 cm³/mol. The van der Waals surface area contributed by atoms with Crippen LogP contribution in [0.15, 0.2) is 121 Å². The molecule has 8 heteroatoms. The molecule has 0 N–H and O–H groups in total. The maximum atomic E-state index is 5.61. The van der Waals surface area contributed by atoms with Gasteiger partial charge in [-0.25, -0.2) is 9.97 Å². The first-order chi connectivity index (χ1) is 34.1. The molecule has 7 aromatic rings. The first-order valence-electron chi connectivity index (χ1n) is 24.6. The highest BCUT2D eigenvalue weighted by molar-refractivity contribution is 7.24. The molecule has 0 fully saturated rings. The van der Waals surface area contributed by atoms with Crippen LogP contribution in [-0.4, -0.2) is 42.3 Å². The van der Waals surface area contributed by atoms with E-state index in [-0.39, 0.29) is 0 Å². The normalized spacial score (nSPS) is 12.2. The highest BCUT2D eigenvalue weighted by Crippen LogP contribution is 2.43. The van der Waals surface area contributed by atoms with Crippen LogP contribution >= 0.6 is 22.7 Å². The third kappa shape index (κ3) is 12.4. The highest BCUT2D eigenvalue weighted by Gasteiger charge is 2.20. The molecule has 2 aliphatic rings. The van der Waals surface area contributed by atoms with E-state index in [4.69, 9.17) is 9.97 Å². The van der Waals surface area contributed by atoms with Crippen molar-refractivity contribution in [2.45, 2.75) is 78.6 Å². The van der Waals surface area contributed by atoms with Gasteiger partial charge in [0.05, 0.1) is 22.8 Å². The third-order valence-corrected chi connectivity index (χ3v) is 17.3. The lowest BCUT2D eigenvalue weighted by Crippen LogP contribution is -2.16. The second kappa shape index (κ2) is 20.1. The van der Waals surface area contributed by atoms with Crippen LogP contribution in [0.5, 0.6) is 0 Å². The number of thiophene rings is 2. The van der Waals surface area contributed by atoms with Gasteiger partial charge in [-0.3, -0.25) is 0 Å². The smallest absolute Gasteiger partial charge is 0.129 e. The van der Waals surface area contributed by atoms with Crippen molar-refractivity contribution < 1.29 is 0 Å². The SMILES string of the molecule is C[Si](C)(C)C#Cc1ccc(-c2c3nc(c(-c4ccc(C#C[Si](C)(C)C)cc4)c4ccc(s4)c(-c4ccc(C#C[Si](C)(C)C)cc4)c4nc(c(-c5ccc(C#C[Si](C)(C)C)cc5)c5ccc2s5)C=C4)C=C3)cc1. The average molecular weight is 1030 g/mol. The summed E-state index contributed by atoms with van der Waals surface area (Å²) >= 11 is 3.56. The van der Waals surface area contributed by atoms with E-state index in [1.54, 1.807) is 22.7 Å². The molecule has 0 atom stereocenters. The molecular formula is C64H60N2S2Si4. The van der Waals surface area contributed by atoms with Gasteiger partial charge in [0.2, 0.25) is 0 Å². The summed E-state index contributed by atoms with van der Waals surface area (Å²) in [6, 6.07) is 44.0. The van der Waals surface area contributed by atoms with Crippen LogP contribution in [0.3, 0.4) is 0 Å². The summed E-state index contributed by atoms with van der Waals surface area (Å²) in [4.78, 5) is 11.2. The molecule has 0 unspecified atom stereocenters. The van der Waals surface area contributed by atoms with Crippen LogP contribution in [-0.2, 0) is 0 Å². The fourth-order valence-electron chi connectivity index (χ4n) is 8.08. The molecule has 0 aliphatic carbocycles. The van der Waals surface area contributed by atoms with Crippen LogP contribution in [0.25, 0.3) is 87.6 Å². The van der Waals surface area contributed by atoms with E-state index in [1.165, 1.54) is 0 Å². The van der Waals surface area contributed by atoms with E-state index in [0.29, 0.717) is 0 Å². The van der Waals surface area contributed by atoms with Crippen molar-refractivity contribution in [1.82, 2.24) is 9.97 Å². The van der Waals surface area contributed by atoms with Gasteiger partial charge >= 0.3 is 0 Å². The molecule has 2 nitrogen and oxygen atoms in total. The minimum atomic E-state index is -1.56. The van der Waals surface area contributed by atoms with Gasteiger partial charge in [0, 0.05) is 63.3 Å². The number of benzene rings is 4. The Balaban J connectivity index is 1.37. The van der Waals surface area contributed by atoms with Gasteiger partial charge < -0.3 is 0 Å². The molecule has 0 amide bonds. The Bertz CT molecular complexity index is 3270. The van der Waals surface area contributed by atoms with Crippen LogP contribution in [0, 0.1) is 45.9 Å². The van der Waals surface area contributed by atoms with Gasteiger partial charge in [-0.05, 0) is 119 Å². The molecule has 4 aromatic carbocycles. The van der Waals surface area contributed by atoms with Gasteiger partial charge in [-0.1, -0.05) is 151 Å². The third-order valence-electron chi connectivity index (χ3n) is 11.5. The number of aromatic nitrogens is 2. The maximum absolute atomic E-state index is 5.61. The lowest BCUT2D eigenvalue weighted by atomic mass is 10.0. The standard InChI is InChI=1S/C64H60N2S2Si4/c1-69(2,3)41-37-45-13-21-49(22-14-45)61-53-29-30-54(65-53)62(50-23-15-46(16-24-50)38-42-70(4,5)6)59-35-36-60(68-59)64(52-27-19-48(20-28-52)40-44-72(10,11)12)56-32-31-55(66-56)63(58-34-33-57(61)67-58)51-25-17-47(18-26-51)39-43-71(7,8)9/h13-36H,1-12H3. The van der Waals surface area contributed by atoms with Crippen LogP contribution in [0.4, 0.5) is 0 Å². The number of hydrogen-bond donors (Lipinski definition) is 0. The largest absolute Gasteiger partial charge is 0.248 e. The monoisotopic (exact) mass is 1030 g/mol. The van der Waals surface area contributed by atoms with E-state index in [9.17, 15) is 0 Å². The topological polar surface area (TPSA) is 25.8 Å². The summed E-state index contributed by atoms with van der Waals surface area (Å²) in [5, 5.41) is 0. The van der Waals surface area contributed by atoms with E-state index >= 15 is 0 Å². The zero-order valence-electron chi connectivity index (χ0n) is 43.6. The average Bonchev–Trinajstić information content (AvgIpc) is 4.18. The van der Waals surface area contributed by atoms with Gasteiger partial charge in [-0.15, -0.1) is 44.8 Å². The van der Waals surface area contributed by atoms with Crippen molar-refractivity contribution in [3.05, 3.63) is 166 Å². The van der Waals surface area contributed by atoms with Crippen molar-refractivity contribution in [3.63, 3.8) is 0 Å². The lowest BCUT2D eigenvalue weighted by molar-refractivity contribution is 1.33. The molecule has 0 spiro atoms. The molecule has 8 bridgehead atoms. The van der Waals surface area contributed by atoms with Crippen molar-refractivity contribution in [2.24, 2.45) is 0 Å². The van der Waals surface area contributed by atoms with Crippen molar-refractivity contribution in [1.29, 1.82) is 0 Å². The maximum Gasteiger partial charge on any atom is 0.129 e. The van der Waals surface area contributed by atoms with E-state index < -0.39 is 32.3 Å². The molecular weight excluding hydrogens is 973 g/mol. The second-order valence-corrected chi connectivity index (χ2v) is 43.7. The fourth-order valence-corrected chi connectivity index (χ4v) is 12.5. The van der Waals surface area contributed by atoms with E-state index in [1.807, 2.05) is 0 Å². The summed E-state index contributed by atoms with van der Waals surface area (Å²) in [6.45, 7) is 27.4. The van der Waals surface area contributed by atoms with E-state index in [0.717, 1.165) is 108 Å². The molecule has 0 radical (unpaired) electrons. The second-order valence-electron chi connectivity index (χ2n) is 22.6. The molecule has 3 aromatic heterocycles. The summed E-state index contributed by atoms with van der Waals surface area (Å²) in [5.74, 6) is 13.9. The molecule has 9 rings (SSSR count). The molecule has 0 saturated carbocycles. The molecule has 72 heavy (non-hydrogen) atoms. The molecule has 354 valence electrons. The Labute approximate surface area is 440 Å². The Morgan fingerprint density at radius 1 is 0.278 bits per heavy atom. The van der Waals surface area contributed by atoms with Gasteiger partial charge in [-0.2, -0.15) is 0 Å². The molecule has 5 heterocycles. The number of fused-ring (bicyclic) bond motifs is 8. The van der Waals surface area contributed by atoms with Crippen LogP contribution < -0.4 is 0 Å². The predicted octanol–water partition coefficient (Wildman–Crippen LogP) is 17.7. The highest BCUT2D eigenvalue weighted by atomic mass is 32.1. The van der Waals surface area contributed by atoms with Crippen molar-refractivity contribution in [3.8, 4) is 90.4 Å². The number of rotatable bonds is 4. The Morgan fingerprint density at radius 3 is 0.653 bits per heavy atom. The zero-order chi connectivity index (χ0) is 51.0. The molecule has 0 saturated heterocycles. The minimum absolute atomic E-state index is 0.920. The summed E-state index contributed by atoms with van der Waals surface area (Å²) in [5.41, 5.74) is 30.7. The Kier molecular flexibility index (Phi) is 14.1. The quantitative estimate of drug-likeness (QED) is 0.130. The van der Waals surface area contributed by atoms with Crippen molar-refractivity contribution in [2.75, 3.05) is 0 Å². The van der Waals surface area contributed by atoms with E-state index in [2.05, 4.69) is 270 Å². The minimum Gasteiger partial charge on any atom is -0.248 e. The summed E-state index contributed by atoms with van der Waals surface area (Å²) in [6.07, 6.45) is 8.79. The Morgan fingerprint density at radius 2 is 0.472 bits per heavy atom. The Hall–Kier alpha value is -6.57. The van der Waals surface area contributed by atoms with Gasteiger partial charge in [0.1, 0.15) is 32.3 Å². The van der Waals surface area contributed by atoms with Crippen LogP contribution in [0.1, 0.15) is 45.0 Å². The van der Waals surface area contributed by atoms with Gasteiger partial charge in [0.25, 0.3) is 0 Å². The summed E-state index contributed by atoms with van der Waals surface area (Å²) in [7, 11) is -6.24. The number of nitrogens with zero attached hydrogens (tertiary/aromatic N) is 2. The first-order valence-corrected chi connectivity index (χ1v) is 40.3. The zero-order valence-corrected chi connectivity index (χ0v) is 49.2. The van der Waals surface area contributed by atoms with Crippen molar-refractivity contribution >= 4 is 98.1 Å². The lowest BCUT2D eigenvalue weighted by Gasteiger charge is -2.07. The van der Waals surface area contributed by atoms with Crippen LogP contribution in [0.2, 0.25) is 78.6 Å². The number of hydrogen-bond acceptors (Lipinski definition) is 4. The molecule has 2 aliphatic heterocycles.